The lowest BCUT2D eigenvalue weighted by molar-refractivity contribution is 0.388. The van der Waals surface area contributed by atoms with E-state index in [-0.39, 0.29) is 11.1 Å². The molecule has 1 aromatic carbocycles. The maximum absolute atomic E-state index is 13.5. The van der Waals surface area contributed by atoms with Crippen LogP contribution in [0.25, 0.3) is 0 Å². The van der Waals surface area contributed by atoms with E-state index in [1.165, 1.54) is 18.9 Å². The van der Waals surface area contributed by atoms with Gasteiger partial charge in [0, 0.05) is 22.7 Å². The van der Waals surface area contributed by atoms with Crippen molar-refractivity contribution in [2.75, 3.05) is 0 Å². The standard InChI is InChI=1S/C14H18Cl2FN/c1-8-4-3-5-12(8)18-9(2)13-10(15)6-7-11(17)14(13)16/h6-9,12,18H,3-5H2,1-2H3. The monoisotopic (exact) mass is 289 g/mol. The van der Waals surface area contributed by atoms with Gasteiger partial charge in [-0.2, -0.15) is 0 Å². The molecule has 3 atom stereocenters. The summed E-state index contributed by atoms with van der Waals surface area (Å²) in [6.45, 7) is 4.23. The summed E-state index contributed by atoms with van der Waals surface area (Å²) >= 11 is 12.1. The summed E-state index contributed by atoms with van der Waals surface area (Å²) < 4.78 is 13.5. The van der Waals surface area contributed by atoms with E-state index in [1.54, 1.807) is 6.07 Å². The van der Waals surface area contributed by atoms with Gasteiger partial charge in [0.2, 0.25) is 0 Å². The molecule has 4 heteroatoms. The van der Waals surface area contributed by atoms with E-state index in [0.29, 0.717) is 22.5 Å². The lowest BCUT2D eigenvalue weighted by Gasteiger charge is -2.24. The molecule has 0 radical (unpaired) electrons. The number of rotatable bonds is 3. The molecule has 1 fully saturated rings. The van der Waals surface area contributed by atoms with Gasteiger partial charge in [0.25, 0.3) is 0 Å². The number of nitrogens with one attached hydrogen (secondary N) is 1. The second-order valence-electron chi connectivity index (χ2n) is 5.16. The van der Waals surface area contributed by atoms with Gasteiger partial charge in [-0.1, -0.05) is 36.5 Å². The Labute approximate surface area is 118 Å². The molecule has 18 heavy (non-hydrogen) atoms. The van der Waals surface area contributed by atoms with Crippen molar-refractivity contribution in [1.82, 2.24) is 5.32 Å². The molecular weight excluding hydrogens is 272 g/mol. The zero-order valence-electron chi connectivity index (χ0n) is 10.6. The summed E-state index contributed by atoms with van der Waals surface area (Å²) in [5, 5.41) is 4.17. The van der Waals surface area contributed by atoms with Gasteiger partial charge < -0.3 is 5.32 Å². The fourth-order valence-electron chi connectivity index (χ4n) is 2.74. The first kappa shape index (κ1) is 14.1. The van der Waals surface area contributed by atoms with Crippen LogP contribution in [-0.4, -0.2) is 6.04 Å². The largest absolute Gasteiger partial charge is 0.307 e. The normalized spacial score (nSPS) is 25.4. The van der Waals surface area contributed by atoms with Gasteiger partial charge >= 0.3 is 0 Å². The average Bonchev–Trinajstić information content (AvgIpc) is 2.70. The highest BCUT2D eigenvalue weighted by molar-refractivity contribution is 6.36. The van der Waals surface area contributed by atoms with Crippen molar-refractivity contribution in [1.29, 1.82) is 0 Å². The van der Waals surface area contributed by atoms with E-state index in [0.717, 1.165) is 6.42 Å². The van der Waals surface area contributed by atoms with Crippen molar-refractivity contribution in [3.8, 4) is 0 Å². The molecule has 2 rings (SSSR count). The molecule has 0 aliphatic heterocycles. The Kier molecular flexibility index (Phi) is 4.52. The van der Waals surface area contributed by atoms with Crippen LogP contribution in [0.5, 0.6) is 0 Å². The fraction of sp³-hybridized carbons (Fsp3) is 0.571. The first-order chi connectivity index (χ1) is 8.50. The zero-order valence-corrected chi connectivity index (χ0v) is 12.2. The smallest absolute Gasteiger partial charge is 0.142 e. The van der Waals surface area contributed by atoms with E-state index in [1.807, 2.05) is 6.92 Å². The van der Waals surface area contributed by atoms with E-state index >= 15 is 0 Å². The Hall–Kier alpha value is -0.310. The topological polar surface area (TPSA) is 12.0 Å². The fourth-order valence-corrected chi connectivity index (χ4v) is 3.44. The summed E-state index contributed by atoms with van der Waals surface area (Å²) in [6, 6.07) is 3.30. The average molecular weight is 290 g/mol. The van der Waals surface area contributed by atoms with Crippen LogP contribution in [0.1, 0.15) is 44.7 Å². The van der Waals surface area contributed by atoms with Crippen LogP contribution < -0.4 is 5.32 Å². The van der Waals surface area contributed by atoms with Gasteiger partial charge in [-0.25, -0.2) is 4.39 Å². The quantitative estimate of drug-likeness (QED) is 0.775. The molecule has 0 heterocycles. The molecule has 1 nitrogen and oxygen atoms in total. The third kappa shape index (κ3) is 2.81. The third-order valence-electron chi connectivity index (χ3n) is 3.84. The van der Waals surface area contributed by atoms with Crippen molar-refractivity contribution in [2.24, 2.45) is 5.92 Å². The Morgan fingerprint density at radius 2 is 2.06 bits per heavy atom. The first-order valence-corrected chi connectivity index (χ1v) is 7.15. The van der Waals surface area contributed by atoms with Crippen molar-refractivity contribution < 1.29 is 4.39 Å². The lowest BCUT2D eigenvalue weighted by Crippen LogP contribution is -2.33. The summed E-state index contributed by atoms with van der Waals surface area (Å²) in [7, 11) is 0. The van der Waals surface area contributed by atoms with Crippen LogP contribution in [0.4, 0.5) is 4.39 Å². The maximum atomic E-state index is 13.5. The number of hydrogen-bond donors (Lipinski definition) is 1. The minimum atomic E-state index is -0.413. The maximum Gasteiger partial charge on any atom is 0.142 e. The molecule has 3 unspecified atom stereocenters. The summed E-state index contributed by atoms with van der Waals surface area (Å²) in [5.41, 5.74) is 0.664. The summed E-state index contributed by atoms with van der Waals surface area (Å²) in [4.78, 5) is 0. The van der Waals surface area contributed by atoms with E-state index in [4.69, 9.17) is 23.2 Å². The van der Waals surface area contributed by atoms with E-state index < -0.39 is 5.82 Å². The van der Waals surface area contributed by atoms with Crippen LogP contribution in [-0.2, 0) is 0 Å². The molecule has 1 aliphatic carbocycles. The van der Waals surface area contributed by atoms with Crippen LogP contribution in [0, 0.1) is 11.7 Å². The van der Waals surface area contributed by atoms with Gasteiger partial charge in [0.05, 0.1) is 5.02 Å². The predicted molar refractivity (Wildman–Crippen MR) is 74.8 cm³/mol. The molecule has 100 valence electrons. The third-order valence-corrected chi connectivity index (χ3v) is 4.55. The van der Waals surface area contributed by atoms with Gasteiger partial charge in [-0.3, -0.25) is 0 Å². The van der Waals surface area contributed by atoms with Crippen LogP contribution in [0.15, 0.2) is 12.1 Å². The van der Waals surface area contributed by atoms with Crippen LogP contribution >= 0.6 is 23.2 Å². The highest BCUT2D eigenvalue weighted by Crippen LogP contribution is 2.34. The molecule has 1 aromatic rings. The van der Waals surface area contributed by atoms with E-state index in [9.17, 15) is 4.39 Å². The molecule has 0 bridgehead atoms. The minimum absolute atomic E-state index is 0.0359. The summed E-state index contributed by atoms with van der Waals surface area (Å²) in [5.74, 6) is 0.239. The molecule has 0 spiro atoms. The highest BCUT2D eigenvalue weighted by Gasteiger charge is 2.26. The van der Waals surface area contributed by atoms with E-state index in [2.05, 4.69) is 12.2 Å². The van der Waals surface area contributed by atoms with Gasteiger partial charge in [0.1, 0.15) is 5.82 Å². The molecule has 0 amide bonds. The molecule has 1 saturated carbocycles. The first-order valence-electron chi connectivity index (χ1n) is 6.40. The molecular formula is C14H18Cl2FN. The number of hydrogen-bond acceptors (Lipinski definition) is 1. The predicted octanol–water partition coefficient (Wildman–Crippen LogP) is 4.97. The van der Waals surface area contributed by atoms with Crippen LogP contribution in [0.2, 0.25) is 10.0 Å². The molecule has 1 N–H and O–H groups in total. The van der Waals surface area contributed by atoms with Gasteiger partial charge in [-0.15, -0.1) is 0 Å². The van der Waals surface area contributed by atoms with Crippen LogP contribution in [0.3, 0.4) is 0 Å². The lowest BCUT2D eigenvalue weighted by atomic mass is 10.0. The summed E-state index contributed by atoms with van der Waals surface area (Å²) in [6.07, 6.45) is 3.65. The Bertz CT molecular complexity index is 436. The number of halogens is 3. The van der Waals surface area contributed by atoms with Gasteiger partial charge in [-0.05, 0) is 37.8 Å². The molecule has 1 aliphatic rings. The van der Waals surface area contributed by atoms with Crippen molar-refractivity contribution in [3.63, 3.8) is 0 Å². The number of benzene rings is 1. The Morgan fingerprint density at radius 3 is 2.67 bits per heavy atom. The second-order valence-corrected chi connectivity index (χ2v) is 5.95. The van der Waals surface area contributed by atoms with Crippen molar-refractivity contribution >= 4 is 23.2 Å². The Morgan fingerprint density at radius 1 is 1.33 bits per heavy atom. The minimum Gasteiger partial charge on any atom is -0.307 e. The molecule has 0 saturated heterocycles. The highest BCUT2D eigenvalue weighted by atomic mass is 35.5. The van der Waals surface area contributed by atoms with Crippen molar-refractivity contribution in [3.05, 3.63) is 33.6 Å². The molecule has 0 aromatic heterocycles. The second kappa shape index (κ2) is 5.77. The van der Waals surface area contributed by atoms with Gasteiger partial charge in [0.15, 0.2) is 0 Å². The zero-order chi connectivity index (χ0) is 13.3. The Balaban J connectivity index is 2.18. The van der Waals surface area contributed by atoms with Crippen molar-refractivity contribution in [2.45, 2.75) is 45.2 Å². The SMILES string of the molecule is CC(NC1CCCC1C)c1c(Cl)ccc(F)c1Cl.